The largest absolute Gasteiger partial charge is 0.480 e. The summed E-state index contributed by atoms with van der Waals surface area (Å²) in [5, 5.41) is 12.7. The molecule has 0 amide bonds. The molecule has 5 rings (SSSR count). The van der Waals surface area contributed by atoms with E-state index >= 15 is 0 Å². The highest BCUT2D eigenvalue weighted by Crippen LogP contribution is 2.63. The molecule has 4 aliphatic carbocycles. The number of thioether (sulfide) groups is 1. The van der Waals surface area contributed by atoms with E-state index in [1.54, 1.807) is 0 Å². The van der Waals surface area contributed by atoms with Crippen LogP contribution in [-0.2, 0) is 4.79 Å². The Morgan fingerprint density at radius 1 is 1.12 bits per heavy atom. The lowest BCUT2D eigenvalue weighted by Gasteiger charge is -2.59. The summed E-state index contributed by atoms with van der Waals surface area (Å²) in [6.45, 7) is 0. The molecule has 5 aliphatic rings. The van der Waals surface area contributed by atoms with E-state index in [9.17, 15) is 9.90 Å². The second-order valence-electron chi connectivity index (χ2n) is 6.44. The molecular formula is C13H19NO2S. The number of hydrogen-bond donors (Lipinski definition) is 2. The summed E-state index contributed by atoms with van der Waals surface area (Å²) in [6.07, 6.45) is 6.84. The minimum Gasteiger partial charge on any atom is -0.480 e. The number of nitrogens with one attached hydrogen (secondary N) is 1. The second kappa shape index (κ2) is 3.41. The van der Waals surface area contributed by atoms with Gasteiger partial charge in [-0.2, -0.15) is 0 Å². The van der Waals surface area contributed by atoms with E-state index in [1.165, 1.54) is 32.1 Å². The highest BCUT2D eigenvalue weighted by atomic mass is 32.2. The maximum absolute atomic E-state index is 11.1. The number of aliphatic carboxylic acids is 1. The van der Waals surface area contributed by atoms with Gasteiger partial charge < -0.3 is 5.11 Å². The zero-order valence-corrected chi connectivity index (χ0v) is 10.7. The minimum atomic E-state index is -0.664. The van der Waals surface area contributed by atoms with Crippen LogP contribution in [0.25, 0.3) is 0 Å². The van der Waals surface area contributed by atoms with Gasteiger partial charge >= 0.3 is 5.97 Å². The molecule has 1 atom stereocenters. The van der Waals surface area contributed by atoms with Crippen molar-refractivity contribution in [2.24, 2.45) is 23.7 Å². The van der Waals surface area contributed by atoms with Gasteiger partial charge in [0.15, 0.2) is 0 Å². The van der Waals surface area contributed by atoms with E-state index in [2.05, 4.69) is 5.32 Å². The quantitative estimate of drug-likeness (QED) is 0.749. The van der Waals surface area contributed by atoms with E-state index in [1.807, 2.05) is 11.8 Å². The summed E-state index contributed by atoms with van der Waals surface area (Å²) in [4.78, 5) is 11.3. The highest BCUT2D eigenvalue weighted by Gasteiger charge is 2.60. The normalized spacial score (nSPS) is 55.6. The van der Waals surface area contributed by atoms with Gasteiger partial charge in [-0.05, 0) is 55.8 Å². The Balaban J connectivity index is 1.64. The Kier molecular flexibility index (Phi) is 2.14. The van der Waals surface area contributed by atoms with Crippen LogP contribution in [0.4, 0.5) is 0 Å². The SMILES string of the molecule is O=C(O)[C@H]1CSC2(N1)C1CC3CC(C1)CC2C3. The molecule has 4 bridgehead atoms. The summed E-state index contributed by atoms with van der Waals surface area (Å²) in [6, 6.07) is -0.308. The average Bonchev–Trinajstić information content (AvgIpc) is 2.71. The van der Waals surface area contributed by atoms with Crippen LogP contribution in [0.2, 0.25) is 0 Å². The Labute approximate surface area is 106 Å². The van der Waals surface area contributed by atoms with Crippen molar-refractivity contribution >= 4 is 17.7 Å². The molecule has 4 saturated carbocycles. The molecule has 94 valence electrons. The topological polar surface area (TPSA) is 49.3 Å². The molecule has 0 unspecified atom stereocenters. The molecule has 0 aromatic rings. The molecule has 4 heteroatoms. The number of rotatable bonds is 1. The lowest BCUT2D eigenvalue weighted by molar-refractivity contribution is -0.139. The molecule has 2 N–H and O–H groups in total. The molecule has 17 heavy (non-hydrogen) atoms. The fourth-order valence-electron chi connectivity index (χ4n) is 5.07. The third-order valence-corrected chi connectivity index (χ3v) is 7.30. The summed E-state index contributed by atoms with van der Waals surface area (Å²) < 4.78 is 0. The molecular weight excluding hydrogens is 234 g/mol. The molecule has 3 nitrogen and oxygen atoms in total. The van der Waals surface area contributed by atoms with Gasteiger partial charge in [-0.3, -0.25) is 10.1 Å². The summed E-state index contributed by atoms with van der Waals surface area (Å²) in [5.41, 5.74) is 0. The Hall–Kier alpha value is -0.220. The van der Waals surface area contributed by atoms with Crippen molar-refractivity contribution in [2.75, 3.05) is 5.75 Å². The second-order valence-corrected chi connectivity index (χ2v) is 7.74. The monoisotopic (exact) mass is 253 g/mol. The highest BCUT2D eigenvalue weighted by molar-refractivity contribution is 8.01. The predicted octanol–water partition coefficient (Wildman–Crippen LogP) is 1.93. The van der Waals surface area contributed by atoms with E-state index < -0.39 is 5.97 Å². The Morgan fingerprint density at radius 2 is 1.71 bits per heavy atom. The average molecular weight is 253 g/mol. The molecule has 1 heterocycles. The molecule has 1 saturated heterocycles. The number of carboxylic acid groups (broad SMARTS) is 1. The number of carbonyl (C=O) groups is 1. The van der Waals surface area contributed by atoms with Crippen molar-refractivity contribution in [3.8, 4) is 0 Å². The van der Waals surface area contributed by atoms with E-state index in [-0.39, 0.29) is 10.9 Å². The standard InChI is InChI=1S/C13H19NO2S/c15-12(16)11-6-17-13(14-11)9-2-7-1-8(4-9)5-10(13)3-7/h7-11,14H,1-6H2,(H,15,16)/t7?,8?,9?,10?,11-,13?/m1/s1. The Bertz CT molecular complexity index is 342. The summed E-state index contributed by atoms with van der Waals surface area (Å²) >= 11 is 1.92. The van der Waals surface area contributed by atoms with E-state index in [4.69, 9.17) is 0 Å². The lowest BCUT2D eigenvalue weighted by Crippen LogP contribution is -2.62. The van der Waals surface area contributed by atoms with E-state index in [0.29, 0.717) is 0 Å². The van der Waals surface area contributed by atoms with Crippen molar-refractivity contribution in [1.82, 2.24) is 5.32 Å². The molecule has 5 fully saturated rings. The van der Waals surface area contributed by atoms with E-state index in [0.717, 1.165) is 29.4 Å². The smallest absolute Gasteiger partial charge is 0.321 e. The van der Waals surface area contributed by atoms with Gasteiger partial charge in [0, 0.05) is 5.75 Å². The van der Waals surface area contributed by atoms with Gasteiger partial charge in [-0.1, -0.05) is 0 Å². The summed E-state index contributed by atoms with van der Waals surface area (Å²) in [5.74, 6) is 3.49. The van der Waals surface area contributed by atoms with Crippen LogP contribution in [0.1, 0.15) is 32.1 Å². The van der Waals surface area contributed by atoms with Gasteiger partial charge in [0.05, 0.1) is 4.87 Å². The number of carboxylic acids is 1. The molecule has 0 aromatic heterocycles. The third kappa shape index (κ3) is 1.37. The van der Waals surface area contributed by atoms with Crippen molar-refractivity contribution in [2.45, 2.75) is 43.0 Å². The predicted molar refractivity (Wildman–Crippen MR) is 66.8 cm³/mol. The van der Waals surface area contributed by atoms with Crippen LogP contribution in [0, 0.1) is 23.7 Å². The first-order valence-corrected chi connectivity index (χ1v) is 7.80. The van der Waals surface area contributed by atoms with Crippen LogP contribution < -0.4 is 5.32 Å². The minimum absolute atomic E-state index is 0.135. The molecule has 0 radical (unpaired) electrons. The fraction of sp³-hybridized carbons (Fsp3) is 0.923. The Morgan fingerprint density at radius 3 is 2.18 bits per heavy atom. The molecule has 1 spiro atoms. The summed E-state index contributed by atoms with van der Waals surface area (Å²) in [7, 11) is 0. The first-order valence-electron chi connectivity index (χ1n) is 6.82. The van der Waals surface area contributed by atoms with Crippen LogP contribution in [-0.4, -0.2) is 27.7 Å². The van der Waals surface area contributed by atoms with Crippen molar-refractivity contribution in [3.05, 3.63) is 0 Å². The third-order valence-electron chi connectivity index (χ3n) is 5.54. The van der Waals surface area contributed by atoms with Crippen molar-refractivity contribution < 1.29 is 9.90 Å². The lowest BCUT2D eigenvalue weighted by atomic mass is 9.53. The number of hydrogen-bond acceptors (Lipinski definition) is 3. The van der Waals surface area contributed by atoms with Crippen LogP contribution in [0.5, 0.6) is 0 Å². The van der Waals surface area contributed by atoms with Crippen molar-refractivity contribution in [3.63, 3.8) is 0 Å². The van der Waals surface area contributed by atoms with Gasteiger partial charge in [0.1, 0.15) is 6.04 Å². The first kappa shape index (κ1) is 10.7. The zero-order valence-electron chi connectivity index (χ0n) is 9.89. The van der Waals surface area contributed by atoms with Crippen LogP contribution in [0.3, 0.4) is 0 Å². The first-order chi connectivity index (χ1) is 8.17. The van der Waals surface area contributed by atoms with Crippen LogP contribution in [0.15, 0.2) is 0 Å². The van der Waals surface area contributed by atoms with Gasteiger partial charge in [-0.25, -0.2) is 0 Å². The van der Waals surface area contributed by atoms with Gasteiger partial charge in [0.2, 0.25) is 0 Å². The maximum atomic E-state index is 11.1. The fourth-order valence-corrected chi connectivity index (χ4v) is 6.82. The zero-order chi connectivity index (χ0) is 11.6. The molecule has 0 aromatic carbocycles. The van der Waals surface area contributed by atoms with Gasteiger partial charge in [-0.15, -0.1) is 11.8 Å². The maximum Gasteiger partial charge on any atom is 0.321 e. The molecule has 1 aliphatic heterocycles. The van der Waals surface area contributed by atoms with Crippen LogP contribution >= 0.6 is 11.8 Å². The van der Waals surface area contributed by atoms with Crippen molar-refractivity contribution in [1.29, 1.82) is 0 Å². The van der Waals surface area contributed by atoms with Gasteiger partial charge in [0.25, 0.3) is 0 Å².